The standard InChI is InChI=1S/C23H28ClNO4/c1-3-28-22(26)13-14-25(16-18-9-6-5-7-10-18)17-21(23(27)29-4-2)19-11-8-12-20(24)15-19/h5-12,15,21H,3-4,13-14,16-17H2,1-2H3. The van der Waals surface area contributed by atoms with Gasteiger partial charge in [0.2, 0.25) is 0 Å². The van der Waals surface area contributed by atoms with Gasteiger partial charge in [0.25, 0.3) is 0 Å². The summed E-state index contributed by atoms with van der Waals surface area (Å²) in [7, 11) is 0. The zero-order valence-corrected chi connectivity index (χ0v) is 17.7. The molecule has 0 amide bonds. The van der Waals surface area contributed by atoms with Crippen LogP contribution in [0.1, 0.15) is 37.3 Å². The fourth-order valence-electron chi connectivity index (χ4n) is 3.10. The van der Waals surface area contributed by atoms with Crippen molar-refractivity contribution in [2.75, 3.05) is 26.3 Å². The number of hydrogen-bond donors (Lipinski definition) is 0. The Morgan fingerprint density at radius 1 is 1.00 bits per heavy atom. The van der Waals surface area contributed by atoms with Crippen LogP contribution in [0.5, 0.6) is 0 Å². The molecule has 0 radical (unpaired) electrons. The van der Waals surface area contributed by atoms with Gasteiger partial charge in [0.1, 0.15) is 0 Å². The van der Waals surface area contributed by atoms with E-state index in [2.05, 4.69) is 4.90 Å². The molecule has 0 aliphatic rings. The van der Waals surface area contributed by atoms with Crippen molar-refractivity contribution in [3.8, 4) is 0 Å². The molecular weight excluding hydrogens is 390 g/mol. The summed E-state index contributed by atoms with van der Waals surface area (Å²) in [4.78, 5) is 26.7. The maximum absolute atomic E-state index is 12.7. The number of benzene rings is 2. The number of carbonyl (C=O) groups is 2. The van der Waals surface area contributed by atoms with E-state index in [1.165, 1.54) is 0 Å². The molecule has 2 aromatic rings. The van der Waals surface area contributed by atoms with Gasteiger partial charge in [0.15, 0.2) is 0 Å². The molecule has 0 aliphatic carbocycles. The third kappa shape index (κ3) is 7.87. The molecule has 1 unspecified atom stereocenters. The third-order valence-electron chi connectivity index (χ3n) is 4.45. The average Bonchev–Trinajstić information content (AvgIpc) is 2.71. The molecule has 29 heavy (non-hydrogen) atoms. The number of hydrogen-bond acceptors (Lipinski definition) is 5. The van der Waals surface area contributed by atoms with Crippen LogP contribution in [0, 0.1) is 0 Å². The summed E-state index contributed by atoms with van der Waals surface area (Å²) in [6, 6.07) is 17.2. The van der Waals surface area contributed by atoms with Crippen LogP contribution in [0.15, 0.2) is 54.6 Å². The van der Waals surface area contributed by atoms with Crippen molar-refractivity contribution in [3.63, 3.8) is 0 Å². The molecular formula is C23H28ClNO4. The van der Waals surface area contributed by atoms with Gasteiger partial charge in [0.05, 0.1) is 25.6 Å². The van der Waals surface area contributed by atoms with Crippen molar-refractivity contribution >= 4 is 23.5 Å². The van der Waals surface area contributed by atoms with E-state index >= 15 is 0 Å². The van der Waals surface area contributed by atoms with E-state index in [0.717, 1.165) is 11.1 Å². The summed E-state index contributed by atoms with van der Waals surface area (Å²) in [5.74, 6) is -1.05. The highest BCUT2D eigenvalue weighted by Crippen LogP contribution is 2.23. The number of nitrogens with zero attached hydrogens (tertiary/aromatic N) is 1. The Hall–Kier alpha value is -2.37. The molecule has 0 saturated carbocycles. The minimum Gasteiger partial charge on any atom is -0.466 e. The van der Waals surface area contributed by atoms with Crippen LogP contribution < -0.4 is 0 Å². The first kappa shape index (κ1) is 22.9. The van der Waals surface area contributed by atoms with Gasteiger partial charge in [0, 0.05) is 24.7 Å². The number of ether oxygens (including phenoxy) is 2. The zero-order chi connectivity index (χ0) is 21.1. The largest absolute Gasteiger partial charge is 0.466 e. The minimum atomic E-state index is -0.500. The Morgan fingerprint density at radius 2 is 1.72 bits per heavy atom. The Balaban J connectivity index is 2.22. The lowest BCUT2D eigenvalue weighted by atomic mass is 9.98. The second-order valence-corrected chi connectivity index (χ2v) is 7.07. The predicted molar refractivity (Wildman–Crippen MR) is 114 cm³/mol. The van der Waals surface area contributed by atoms with E-state index < -0.39 is 5.92 Å². The first-order valence-electron chi connectivity index (χ1n) is 9.87. The van der Waals surface area contributed by atoms with Gasteiger partial charge < -0.3 is 9.47 Å². The molecule has 6 heteroatoms. The molecule has 0 saturated heterocycles. The Morgan fingerprint density at radius 3 is 2.38 bits per heavy atom. The first-order chi connectivity index (χ1) is 14.0. The van der Waals surface area contributed by atoms with E-state index in [0.29, 0.717) is 37.9 Å². The van der Waals surface area contributed by atoms with E-state index in [9.17, 15) is 9.59 Å². The quantitative estimate of drug-likeness (QED) is 0.506. The second-order valence-electron chi connectivity index (χ2n) is 6.64. The number of halogens is 1. The highest BCUT2D eigenvalue weighted by atomic mass is 35.5. The van der Waals surface area contributed by atoms with E-state index in [1.54, 1.807) is 26.0 Å². The van der Waals surface area contributed by atoms with Gasteiger partial charge in [-0.25, -0.2) is 0 Å². The van der Waals surface area contributed by atoms with Crippen LogP contribution in [0.25, 0.3) is 0 Å². The summed E-state index contributed by atoms with van der Waals surface area (Å²) in [6.07, 6.45) is 0.256. The van der Waals surface area contributed by atoms with Gasteiger partial charge in [-0.3, -0.25) is 14.5 Å². The van der Waals surface area contributed by atoms with Crippen LogP contribution >= 0.6 is 11.6 Å². The number of esters is 2. The fourth-order valence-corrected chi connectivity index (χ4v) is 3.30. The van der Waals surface area contributed by atoms with Crippen molar-refractivity contribution in [1.82, 2.24) is 4.90 Å². The van der Waals surface area contributed by atoms with Crippen molar-refractivity contribution in [1.29, 1.82) is 0 Å². The van der Waals surface area contributed by atoms with Gasteiger partial charge in [-0.2, -0.15) is 0 Å². The molecule has 2 rings (SSSR count). The predicted octanol–water partition coefficient (Wildman–Crippen LogP) is 4.44. The molecule has 0 bridgehead atoms. The van der Waals surface area contributed by atoms with E-state index in [4.69, 9.17) is 21.1 Å². The highest BCUT2D eigenvalue weighted by Gasteiger charge is 2.25. The molecule has 0 aromatic heterocycles. The van der Waals surface area contributed by atoms with Gasteiger partial charge >= 0.3 is 11.9 Å². The topological polar surface area (TPSA) is 55.8 Å². The Labute approximate surface area is 177 Å². The lowest BCUT2D eigenvalue weighted by Gasteiger charge is -2.27. The van der Waals surface area contributed by atoms with Crippen LogP contribution in [0.4, 0.5) is 0 Å². The SMILES string of the molecule is CCOC(=O)CCN(Cc1ccccc1)CC(C(=O)OCC)c1cccc(Cl)c1. The highest BCUT2D eigenvalue weighted by molar-refractivity contribution is 6.30. The minimum absolute atomic E-state index is 0.249. The smallest absolute Gasteiger partial charge is 0.314 e. The summed E-state index contributed by atoms with van der Waals surface area (Å²) < 4.78 is 10.4. The van der Waals surface area contributed by atoms with Crippen molar-refractivity contribution in [2.45, 2.75) is 32.7 Å². The lowest BCUT2D eigenvalue weighted by Crippen LogP contribution is -2.34. The van der Waals surface area contributed by atoms with Gasteiger partial charge in [-0.05, 0) is 37.1 Å². The zero-order valence-electron chi connectivity index (χ0n) is 17.0. The van der Waals surface area contributed by atoms with Gasteiger partial charge in [-0.15, -0.1) is 0 Å². The summed E-state index contributed by atoms with van der Waals surface area (Å²) in [5, 5.41) is 0.568. The maximum Gasteiger partial charge on any atom is 0.314 e. The average molecular weight is 418 g/mol. The van der Waals surface area contributed by atoms with Crippen LogP contribution in [-0.2, 0) is 25.6 Å². The van der Waals surface area contributed by atoms with Crippen molar-refractivity contribution in [2.24, 2.45) is 0 Å². The van der Waals surface area contributed by atoms with Crippen molar-refractivity contribution < 1.29 is 19.1 Å². The third-order valence-corrected chi connectivity index (χ3v) is 4.68. The van der Waals surface area contributed by atoms with Crippen LogP contribution in [0.3, 0.4) is 0 Å². The molecule has 0 heterocycles. The van der Waals surface area contributed by atoms with E-state index in [1.807, 2.05) is 42.5 Å². The molecule has 0 aliphatic heterocycles. The molecule has 2 aromatic carbocycles. The van der Waals surface area contributed by atoms with E-state index in [-0.39, 0.29) is 18.4 Å². The Bertz CT molecular complexity index is 781. The maximum atomic E-state index is 12.7. The summed E-state index contributed by atoms with van der Waals surface area (Å²) in [6.45, 7) is 5.72. The van der Waals surface area contributed by atoms with Crippen LogP contribution in [0.2, 0.25) is 5.02 Å². The first-order valence-corrected chi connectivity index (χ1v) is 10.2. The molecule has 0 N–H and O–H groups in total. The second kappa shape index (κ2) is 12.2. The molecule has 1 atom stereocenters. The monoisotopic (exact) mass is 417 g/mol. The normalized spacial score (nSPS) is 11.9. The number of carbonyl (C=O) groups excluding carboxylic acids is 2. The van der Waals surface area contributed by atoms with Crippen LogP contribution in [-0.4, -0.2) is 43.1 Å². The number of rotatable bonds is 11. The Kier molecular flexibility index (Phi) is 9.68. The molecule has 156 valence electrons. The summed E-state index contributed by atoms with van der Waals surface area (Å²) >= 11 is 6.15. The molecule has 0 spiro atoms. The molecule has 5 nitrogen and oxygen atoms in total. The lowest BCUT2D eigenvalue weighted by molar-refractivity contribution is -0.145. The van der Waals surface area contributed by atoms with Crippen molar-refractivity contribution in [3.05, 3.63) is 70.7 Å². The molecule has 0 fully saturated rings. The van der Waals surface area contributed by atoms with Gasteiger partial charge in [-0.1, -0.05) is 54.1 Å². The fraction of sp³-hybridized carbons (Fsp3) is 0.391. The summed E-state index contributed by atoms with van der Waals surface area (Å²) in [5.41, 5.74) is 1.90.